The molecule has 0 aromatic heterocycles. The summed E-state index contributed by atoms with van der Waals surface area (Å²) in [6.07, 6.45) is 32.5. The van der Waals surface area contributed by atoms with Gasteiger partial charge >= 0.3 is 17.9 Å². The van der Waals surface area contributed by atoms with Crippen LogP contribution in [0.5, 0.6) is 0 Å². The van der Waals surface area contributed by atoms with Gasteiger partial charge in [0.15, 0.2) is 6.10 Å². The third-order valence-electron chi connectivity index (χ3n) is 8.61. The molecule has 0 N–H and O–H groups in total. The van der Waals surface area contributed by atoms with Gasteiger partial charge in [0.2, 0.25) is 0 Å². The molecule has 0 aromatic rings. The summed E-state index contributed by atoms with van der Waals surface area (Å²) in [6, 6.07) is 0. The summed E-state index contributed by atoms with van der Waals surface area (Å²) in [5.74, 6) is -0.879. The molecule has 0 aliphatic heterocycles. The highest BCUT2D eigenvalue weighted by atomic mass is 16.6. The molecule has 0 rings (SSSR count). The second kappa shape index (κ2) is 35.3. The molecule has 6 heteroatoms. The van der Waals surface area contributed by atoms with E-state index in [4.69, 9.17) is 14.2 Å². The molecule has 0 saturated heterocycles. The lowest BCUT2D eigenvalue weighted by Crippen LogP contribution is -2.30. The van der Waals surface area contributed by atoms with Crippen LogP contribution < -0.4 is 0 Å². The van der Waals surface area contributed by atoms with Crippen molar-refractivity contribution in [2.24, 2.45) is 0 Å². The molecule has 0 unspecified atom stereocenters. The van der Waals surface area contributed by atoms with Crippen LogP contribution in [0.3, 0.4) is 0 Å². The van der Waals surface area contributed by atoms with E-state index in [1.807, 2.05) is 0 Å². The van der Waals surface area contributed by atoms with Crippen LogP contribution in [0.2, 0.25) is 0 Å². The largest absolute Gasteiger partial charge is 0.462 e. The van der Waals surface area contributed by atoms with Crippen molar-refractivity contribution >= 4 is 17.9 Å². The molecule has 0 bridgehead atoms. The van der Waals surface area contributed by atoms with E-state index in [0.717, 1.165) is 64.2 Å². The van der Waals surface area contributed by atoms with Crippen LogP contribution in [0.4, 0.5) is 0 Å². The predicted molar refractivity (Wildman–Crippen MR) is 187 cm³/mol. The van der Waals surface area contributed by atoms with Gasteiger partial charge in [-0.2, -0.15) is 0 Å². The summed E-state index contributed by atoms with van der Waals surface area (Å²) in [6.45, 7) is 6.52. The van der Waals surface area contributed by atoms with Gasteiger partial charge < -0.3 is 14.2 Å². The van der Waals surface area contributed by atoms with E-state index in [2.05, 4.69) is 20.8 Å². The first-order chi connectivity index (χ1) is 22.0. The van der Waals surface area contributed by atoms with Crippen molar-refractivity contribution in [2.45, 2.75) is 219 Å². The SMILES string of the molecule is CCCCCCCCCCCCCCCC(=O)OC[C@H](COC(=O)CCCCCCC)OC(=O)CCCCCCCCCCC. The van der Waals surface area contributed by atoms with Gasteiger partial charge in [-0.1, -0.05) is 175 Å². The Morgan fingerprint density at radius 3 is 0.889 bits per heavy atom. The number of esters is 3. The quantitative estimate of drug-likeness (QED) is 0.0390. The monoisotopic (exact) mass is 639 g/mol. The zero-order valence-corrected chi connectivity index (χ0v) is 30.2. The minimum Gasteiger partial charge on any atom is -0.462 e. The van der Waals surface area contributed by atoms with Gasteiger partial charge in [-0.05, 0) is 19.3 Å². The fourth-order valence-corrected chi connectivity index (χ4v) is 5.62. The van der Waals surface area contributed by atoms with Gasteiger partial charge in [0.05, 0.1) is 0 Å². The van der Waals surface area contributed by atoms with Crippen LogP contribution in [-0.4, -0.2) is 37.2 Å². The van der Waals surface area contributed by atoms with Crippen LogP contribution in [0.1, 0.15) is 213 Å². The number of hydrogen-bond donors (Lipinski definition) is 0. The van der Waals surface area contributed by atoms with Crippen molar-refractivity contribution < 1.29 is 28.6 Å². The summed E-state index contributed by atoms with van der Waals surface area (Å²) in [5, 5.41) is 0. The van der Waals surface area contributed by atoms with E-state index in [1.54, 1.807) is 0 Å². The van der Waals surface area contributed by atoms with Gasteiger partial charge in [0.25, 0.3) is 0 Å². The first-order valence-corrected chi connectivity index (χ1v) is 19.5. The normalized spacial score (nSPS) is 11.8. The molecule has 0 spiro atoms. The third-order valence-corrected chi connectivity index (χ3v) is 8.61. The van der Waals surface area contributed by atoms with Crippen molar-refractivity contribution in [3.05, 3.63) is 0 Å². The molecule has 0 fully saturated rings. The highest BCUT2D eigenvalue weighted by Crippen LogP contribution is 2.14. The average Bonchev–Trinajstić information content (AvgIpc) is 3.03. The summed E-state index contributed by atoms with van der Waals surface area (Å²) < 4.78 is 16.5. The minimum absolute atomic E-state index is 0.0649. The van der Waals surface area contributed by atoms with E-state index in [0.29, 0.717) is 19.3 Å². The molecule has 0 heterocycles. The Balaban J connectivity index is 4.23. The molecule has 0 aliphatic carbocycles. The minimum atomic E-state index is -0.754. The van der Waals surface area contributed by atoms with E-state index >= 15 is 0 Å². The van der Waals surface area contributed by atoms with Crippen LogP contribution in [0.15, 0.2) is 0 Å². The first-order valence-electron chi connectivity index (χ1n) is 19.5. The van der Waals surface area contributed by atoms with Crippen LogP contribution in [-0.2, 0) is 28.6 Å². The van der Waals surface area contributed by atoms with Crippen LogP contribution in [0.25, 0.3) is 0 Å². The summed E-state index contributed by atoms with van der Waals surface area (Å²) >= 11 is 0. The Labute approximate surface area is 278 Å². The zero-order chi connectivity index (χ0) is 33.1. The lowest BCUT2D eigenvalue weighted by molar-refractivity contribution is -0.167. The highest BCUT2D eigenvalue weighted by Gasteiger charge is 2.19. The first kappa shape index (κ1) is 43.4. The van der Waals surface area contributed by atoms with Gasteiger partial charge in [0, 0.05) is 19.3 Å². The predicted octanol–water partition coefficient (Wildman–Crippen LogP) is 11.7. The second-order valence-electron chi connectivity index (χ2n) is 13.2. The van der Waals surface area contributed by atoms with Gasteiger partial charge in [-0.3, -0.25) is 14.4 Å². The second-order valence-corrected chi connectivity index (χ2v) is 13.2. The summed E-state index contributed by atoms with van der Waals surface area (Å²) in [5.41, 5.74) is 0. The van der Waals surface area contributed by atoms with Crippen molar-refractivity contribution in [3.63, 3.8) is 0 Å². The van der Waals surface area contributed by atoms with E-state index in [1.165, 1.54) is 109 Å². The third kappa shape index (κ3) is 33.6. The molecular weight excluding hydrogens is 564 g/mol. The average molecular weight is 639 g/mol. The number of ether oxygens (including phenoxy) is 3. The summed E-state index contributed by atoms with van der Waals surface area (Å²) in [4.78, 5) is 37.2. The number of carbonyl (C=O) groups excluding carboxylic acids is 3. The molecule has 266 valence electrons. The number of rotatable bonds is 35. The molecular formula is C39H74O6. The highest BCUT2D eigenvalue weighted by molar-refractivity contribution is 5.71. The Morgan fingerprint density at radius 1 is 0.356 bits per heavy atom. The van der Waals surface area contributed by atoms with E-state index in [9.17, 15) is 14.4 Å². The molecule has 1 atom stereocenters. The molecule has 0 aromatic carbocycles. The zero-order valence-electron chi connectivity index (χ0n) is 30.2. The van der Waals surface area contributed by atoms with Crippen molar-refractivity contribution in [2.75, 3.05) is 13.2 Å². The number of unbranched alkanes of at least 4 members (excludes halogenated alkanes) is 24. The Hall–Kier alpha value is -1.59. The maximum atomic E-state index is 12.5. The Morgan fingerprint density at radius 2 is 0.600 bits per heavy atom. The maximum absolute atomic E-state index is 12.5. The lowest BCUT2D eigenvalue weighted by Gasteiger charge is -2.18. The standard InChI is InChI=1S/C39H74O6/c1-4-7-10-13-15-17-18-19-20-22-23-26-29-32-38(41)44-35-36(34-43-37(40)31-28-25-12-9-6-3)45-39(42)33-30-27-24-21-16-14-11-8-5-2/h36H,4-35H2,1-3H3/t36-/m0/s1. The maximum Gasteiger partial charge on any atom is 0.306 e. The molecule has 0 aliphatic rings. The van der Waals surface area contributed by atoms with E-state index < -0.39 is 6.10 Å². The molecule has 0 saturated carbocycles. The molecule has 6 nitrogen and oxygen atoms in total. The number of hydrogen-bond acceptors (Lipinski definition) is 6. The van der Waals surface area contributed by atoms with Gasteiger partial charge in [0.1, 0.15) is 13.2 Å². The smallest absolute Gasteiger partial charge is 0.306 e. The van der Waals surface area contributed by atoms with Crippen molar-refractivity contribution in [3.8, 4) is 0 Å². The van der Waals surface area contributed by atoms with Gasteiger partial charge in [-0.15, -0.1) is 0 Å². The number of carbonyl (C=O) groups is 3. The van der Waals surface area contributed by atoms with E-state index in [-0.39, 0.29) is 31.1 Å². The van der Waals surface area contributed by atoms with Crippen LogP contribution >= 0.6 is 0 Å². The fourth-order valence-electron chi connectivity index (χ4n) is 5.62. The van der Waals surface area contributed by atoms with Crippen molar-refractivity contribution in [1.82, 2.24) is 0 Å². The van der Waals surface area contributed by atoms with Gasteiger partial charge in [-0.25, -0.2) is 0 Å². The molecule has 0 radical (unpaired) electrons. The fraction of sp³-hybridized carbons (Fsp3) is 0.923. The molecule has 0 amide bonds. The summed E-state index contributed by atoms with van der Waals surface area (Å²) in [7, 11) is 0. The Kier molecular flexibility index (Phi) is 34.0. The molecule has 45 heavy (non-hydrogen) atoms. The van der Waals surface area contributed by atoms with Crippen LogP contribution in [0, 0.1) is 0 Å². The van der Waals surface area contributed by atoms with Crippen molar-refractivity contribution in [1.29, 1.82) is 0 Å². The lowest BCUT2D eigenvalue weighted by atomic mass is 10.0. The topological polar surface area (TPSA) is 78.9 Å². The Bertz CT molecular complexity index is 664.